The number of halogens is 1. The summed E-state index contributed by atoms with van der Waals surface area (Å²) in [6, 6.07) is 4.85. The highest BCUT2D eigenvalue weighted by molar-refractivity contribution is 6.22. The van der Waals surface area contributed by atoms with E-state index in [4.69, 9.17) is 0 Å². The number of nitrogens with zero attached hydrogens (tertiary/aromatic N) is 3. The van der Waals surface area contributed by atoms with Crippen molar-refractivity contribution in [3.05, 3.63) is 30.1 Å². The number of piperidine rings is 1. The van der Waals surface area contributed by atoms with Gasteiger partial charge in [-0.05, 0) is 56.5 Å². The largest absolute Gasteiger partial charge is 0.342 e. The molecule has 0 radical (unpaired) electrons. The van der Waals surface area contributed by atoms with Crippen LogP contribution in [0.4, 0.5) is 10.1 Å². The Labute approximate surface area is 157 Å². The third-order valence-electron chi connectivity index (χ3n) is 5.87. The van der Waals surface area contributed by atoms with Crippen molar-refractivity contribution in [3.63, 3.8) is 0 Å². The number of carbonyl (C=O) groups excluding carboxylic acids is 3. The first-order valence-corrected chi connectivity index (χ1v) is 9.70. The zero-order valence-corrected chi connectivity index (χ0v) is 15.3. The third-order valence-corrected chi connectivity index (χ3v) is 5.87. The molecule has 0 N–H and O–H groups in total. The lowest BCUT2D eigenvalue weighted by Crippen LogP contribution is -2.50. The van der Waals surface area contributed by atoms with Crippen LogP contribution in [0.5, 0.6) is 0 Å². The highest BCUT2D eigenvalue weighted by Crippen LogP contribution is 2.29. The minimum absolute atomic E-state index is 0.0976. The van der Waals surface area contributed by atoms with Crippen LogP contribution in [0.3, 0.4) is 0 Å². The predicted molar refractivity (Wildman–Crippen MR) is 97.4 cm³/mol. The van der Waals surface area contributed by atoms with Gasteiger partial charge in [0.15, 0.2) is 0 Å². The van der Waals surface area contributed by atoms with Crippen molar-refractivity contribution in [1.29, 1.82) is 0 Å². The summed E-state index contributed by atoms with van der Waals surface area (Å²) in [6.07, 6.45) is 3.91. The van der Waals surface area contributed by atoms with E-state index in [0.29, 0.717) is 18.8 Å². The molecule has 3 aliphatic heterocycles. The summed E-state index contributed by atoms with van der Waals surface area (Å²) in [6.45, 7) is 2.89. The fourth-order valence-corrected chi connectivity index (χ4v) is 4.45. The number of hydrogen-bond donors (Lipinski definition) is 0. The smallest absolute Gasteiger partial charge is 0.251 e. The van der Waals surface area contributed by atoms with E-state index < -0.39 is 11.9 Å². The van der Waals surface area contributed by atoms with Crippen LogP contribution in [0, 0.1) is 11.7 Å². The van der Waals surface area contributed by atoms with Crippen LogP contribution in [0.1, 0.15) is 32.1 Å². The maximum atomic E-state index is 13.1. The average Bonchev–Trinajstić information content (AvgIpc) is 3.31. The fourth-order valence-electron chi connectivity index (χ4n) is 4.45. The Morgan fingerprint density at radius 3 is 2.41 bits per heavy atom. The summed E-state index contributed by atoms with van der Waals surface area (Å²) in [4.78, 5) is 43.2. The van der Waals surface area contributed by atoms with Gasteiger partial charge in [0.1, 0.15) is 5.82 Å². The number of carbonyl (C=O) groups is 3. The lowest BCUT2D eigenvalue weighted by molar-refractivity contribution is -0.137. The van der Waals surface area contributed by atoms with E-state index in [1.54, 1.807) is 0 Å². The van der Waals surface area contributed by atoms with E-state index >= 15 is 0 Å². The molecular formula is C20H24FN3O3. The highest BCUT2D eigenvalue weighted by Gasteiger charge is 2.44. The second kappa shape index (κ2) is 7.38. The topological polar surface area (TPSA) is 60.9 Å². The van der Waals surface area contributed by atoms with E-state index in [1.165, 1.54) is 24.3 Å². The number of imide groups is 1. The molecule has 6 nitrogen and oxygen atoms in total. The van der Waals surface area contributed by atoms with Gasteiger partial charge in [-0.3, -0.25) is 19.3 Å². The Kier molecular flexibility index (Phi) is 4.95. The maximum Gasteiger partial charge on any atom is 0.251 e. The number of rotatable bonds is 3. The van der Waals surface area contributed by atoms with Crippen LogP contribution in [-0.4, -0.2) is 59.7 Å². The Morgan fingerprint density at radius 1 is 1.00 bits per heavy atom. The van der Waals surface area contributed by atoms with Crippen molar-refractivity contribution in [1.82, 2.24) is 9.80 Å². The zero-order valence-electron chi connectivity index (χ0n) is 15.3. The molecule has 144 valence electrons. The second-order valence-electron chi connectivity index (χ2n) is 7.63. The number of hydrogen-bond acceptors (Lipinski definition) is 4. The van der Waals surface area contributed by atoms with Gasteiger partial charge in [0.25, 0.3) is 5.91 Å². The van der Waals surface area contributed by atoms with Crippen LogP contribution >= 0.6 is 0 Å². The fraction of sp³-hybridized carbons (Fsp3) is 0.550. The molecule has 0 bridgehead atoms. The van der Waals surface area contributed by atoms with Crippen LogP contribution in [-0.2, 0) is 14.4 Å². The van der Waals surface area contributed by atoms with Gasteiger partial charge in [0, 0.05) is 19.6 Å². The van der Waals surface area contributed by atoms with E-state index in [1.807, 2.05) is 9.80 Å². The van der Waals surface area contributed by atoms with E-state index in [2.05, 4.69) is 0 Å². The van der Waals surface area contributed by atoms with Crippen LogP contribution in [0.25, 0.3) is 0 Å². The van der Waals surface area contributed by atoms with E-state index in [-0.39, 0.29) is 30.1 Å². The molecule has 3 amide bonds. The van der Waals surface area contributed by atoms with E-state index in [9.17, 15) is 18.8 Å². The van der Waals surface area contributed by atoms with Crippen molar-refractivity contribution in [3.8, 4) is 0 Å². The first-order valence-electron chi connectivity index (χ1n) is 9.70. The number of anilines is 1. The predicted octanol–water partition coefficient (Wildman–Crippen LogP) is 1.79. The molecule has 0 unspecified atom stereocenters. The summed E-state index contributed by atoms with van der Waals surface area (Å²) in [5, 5.41) is 0. The van der Waals surface area contributed by atoms with E-state index in [0.717, 1.165) is 43.7 Å². The molecule has 7 heteroatoms. The van der Waals surface area contributed by atoms with Gasteiger partial charge in [-0.2, -0.15) is 0 Å². The first-order chi connectivity index (χ1) is 13.0. The molecule has 3 fully saturated rings. The molecule has 1 aromatic rings. The summed E-state index contributed by atoms with van der Waals surface area (Å²) in [5.74, 6) is -0.872. The lowest BCUT2D eigenvalue weighted by Gasteiger charge is -2.36. The molecule has 0 spiro atoms. The van der Waals surface area contributed by atoms with Crippen molar-refractivity contribution in [2.75, 3.05) is 31.1 Å². The van der Waals surface area contributed by atoms with Gasteiger partial charge in [-0.25, -0.2) is 9.29 Å². The molecule has 1 aromatic carbocycles. The van der Waals surface area contributed by atoms with Gasteiger partial charge < -0.3 is 4.90 Å². The quantitative estimate of drug-likeness (QED) is 0.758. The molecule has 0 aromatic heterocycles. The Morgan fingerprint density at radius 2 is 1.70 bits per heavy atom. The van der Waals surface area contributed by atoms with Crippen molar-refractivity contribution < 1.29 is 18.8 Å². The number of likely N-dealkylation sites (tertiary alicyclic amines) is 2. The van der Waals surface area contributed by atoms with Crippen LogP contribution in [0.2, 0.25) is 0 Å². The lowest BCUT2D eigenvalue weighted by atomic mass is 9.95. The monoisotopic (exact) mass is 373 g/mol. The normalized spacial score (nSPS) is 26.9. The minimum Gasteiger partial charge on any atom is -0.342 e. The Balaban J connectivity index is 1.46. The Hall–Kier alpha value is -2.28. The molecule has 2 atom stereocenters. The van der Waals surface area contributed by atoms with Crippen molar-refractivity contribution >= 4 is 23.4 Å². The molecule has 3 saturated heterocycles. The van der Waals surface area contributed by atoms with Crippen LogP contribution < -0.4 is 4.90 Å². The standard InChI is InChI=1S/C20H24FN3O3/c21-15-5-7-16(8-6-15)24-18(25)12-17(20(24)27)23-11-3-4-14(13-23)19(26)22-9-1-2-10-22/h5-8,14,17H,1-4,9-13H2/t14-,17+/m0/s1. The summed E-state index contributed by atoms with van der Waals surface area (Å²) >= 11 is 0. The Bertz CT molecular complexity index is 745. The molecule has 27 heavy (non-hydrogen) atoms. The second-order valence-corrected chi connectivity index (χ2v) is 7.63. The van der Waals surface area contributed by atoms with Gasteiger partial charge in [0.05, 0.1) is 24.1 Å². The van der Waals surface area contributed by atoms with Gasteiger partial charge in [-0.1, -0.05) is 0 Å². The minimum atomic E-state index is -0.531. The highest BCUT2D eigenvalue weighted by atomic mass is 19.1. The molecular weight excluding hydrogens is 349 g/mol. The molecule has 0 aliphatic carbocycles. The zero-order chi connectivity index (χ0) is 19.0. The number of amides is 3. The molecule has 0 saturated carbocycles. The van der Waals surface area contributed by atoms with Crippen molar-refractivity contribution in [2.24, 2.45) is 5.92 Å². The summed E-state index contributed by atoms with van der Waals surface area (Å²) in [5.41, 5.74) is 0.399. The third kappa shape index (κ3) is 3.48. The summed E-state index contributed by atoms with van der Waals surface area (Å²) < 4.78 is 13.1. The molecule has 4 rings (SSSR count). The van der Waals surface area contributed by atoms with Gasteiger partial charge >= 0.3 is 0 Å². The number of benzene rings is 1. The SMILES string of the molecule is O=C([C@H]1CCCN([C@@H]2CC(=O)N(c3ccc(F)cc3)C2=O)C1)N1CCCC1. The van der Waals surface area contributed by atoms with Crippen LogP contribution in [0.15, 0.2) is 24.3 Å². The van der Waals surface area contributed by atoms with Gasteiger partial charge in [0.2, 0.25) is 11.8 Å². The maximum absolute atomic E-state index is 13.1. The average molecular weight is 373 g/mol. The molecule has 3 aliphatic rings. The van der Waals surface area contributed by atoms with Crippen molar-refractivity contribution in [2.45, 2.75) is 38.1 Å². The summed E-state index contributed by atoms with van der Waals surface area (Å²) in [7, 11) is 0. The first kappa shape index (κ1) is 18.1. The van der Waals surface area contributed by atoms with Gasteiger partial charge in [-0.15, -0.1) is 0 Å². The molecule has 3 heterocycles.